The van der Waals surface area contributed by atoms with E-state index in [9.17, 15) is 0 Å². The quantitative estimate of drug-likeness (QED) is 0.483. The first kappa shape index (κ1) is 20.2. The summed E-state index contributed by atoms with van der Waals surface area (Å²) in [5.41, 5.74) is 0. The van der Waals surface area contributed by atoms with E-state index >= 15 is 0 Å². The zero-order chi connectivity index (χ0) is 18.6. The number of rotatable bonds is 7. The molecule has 4 rings (SSSR count). The Morgan fingerprint density at radius 1 is 0.704 bits per heavy atom. The molecular weight excluding hydrogens is 332 g/mol. The van der Waals surface area contributed by atoms with E-state index in [4.69, 9.17) is 9.47 Å². The van der Waals surface area contributed by atoms with Crippen molar-refractivity contribution in [3.63, 3.8) is 0 Å². The van der Waals surface area contributed by atoms with Gasteiger partial charge in [0.15, 0.2) is 0 Å². The van der Waals surface area contributed by atoms with Crippen LogP contribution in [0.2, 0.25) is 0 Å². The van der Waals surface area contributed by atoms with Crippen molar-refractivity contribution in [2.75, 3.05) is 26.9 Å². The molecule has 4 aliphatic rings. The van der Waals surface area contributed by atoms with Crippen molar-refractivity contribution in [2.24, 2.45) is 47.3 Å². The molecule has 2 nitrogen and oxygen atoms in total. The molecule has 4 aliphatic carbocycles. The van der Waals surface area contributed by atoms with E-state index < -0.39 is 0 Å². The molecule has 27 heavy (non-hydrogen) atoms. The van der Waals surface area contributed by atoms with E-state index in [1.807, 2.05) is 7.11 Å². The standard InChI is InChI=1S/C25H44O2/c1-18-3-10-25-23(13-18)8-9-24(25)17-27-12-11-19-4-6-22-15-20(16-26-2)5-7-21(22)14-19/h18-25H,3-17H2,1-2H3/t18-,19?,20?,21?,22?,23?,24?,25?/m1/s1. The molecule has 2 heteroatoms. The van der Waals surface area contributed by atoms with Gasteiger partial charge >= 0.3 is 0 Å². The Bertz CT molecular complexity index is 450. The van der Waals surface area contributed by atoms with Gasteiger partial charge in [-0.1, -0.05) is 19.8 Å². The molecule has 4 fully saturated rings. The van der Waals surface area contributed by atoms with Crippen LogP contribution in [0.15, 0.2) is 0 Å². The van der Waals surface area contributed by atoms with E-state index in [0.717, 1.165) is 67.2 Å². The maximum Gasteiger partial charge on any atom is 0.0497 e. The fraction of sp³-hybridized carbons (Fsp3) is 1.00. The van der Waals surface area contributed by atoms with Crippen LogP contribution in [-0.2, 0) is 9.47 Å². The molecule has 4 saturated carbocycles. The topological polar surface area (TPSA) is 18.5 Å². The minimum atomic E-state index is 0.842. The highest BCUT2D eigenvalue weighted by atomic mass is 16.5. The number of fused-ring (bicyclic) bond motifs is 2. The minimum Gasteiger partial charge on any atom is -0.384 e. The van der Waals surface area contributed by atoms with Gasteiger partial charge in [0.25, 0.3) is 0 Å². The first-order valence-electron chi connectivity index (χ1n) is 12.3. The SMILES string of the molecule is COCC1CCC2CC(CCOCC3CCC4C[C@H](C)CCC34)CCC2C1. The van der Waals surface area contributed by atoms with Crippen molar-refractivity contribution in [3.05, 3.63) is 0 Å². The first-order chi connectivity index (χ1) is 13.2. The van der Waals surface area contributed by atoms with Crippen molar-refractivity contribution in [2.45, 2.75) is 84.0 Å². The summed E-state index contributed by atoms with van der Waals surface area (Å²) < 4.78 is 11.7. The lowest BCUT2D eigenvalue weighted by Gasteiger charge is -2.42. The summed E-state index contributed by atoms with van der Waals surface area (Å²) in [5, 5.41) is 0. The molecule has 0 heterocycles. The van der Waals surface area contributed by atoms with Gasteiger partial charge in [-0.05, 0) is 112 Å². The smallest absolute Gasteiger partial charge is 0.0497 e. The molecule has 0 aromatic rings. The van der Waals surface area contributed by atoms with Gasteiger partial charge in [-0.15, -0.1) is 0 Å². The van der Waals surface area contributed by atoms with E-state index in [1.165, 1.54) is 77.0 Å². The lowest BCUT2D eigenvalue weighted by atomic mass is 9.64. The summed E-state index contributed by atoms with van der Waals surface area (Å²) in [6.07, 6.45) is 17.4. The predicted octanol–water partition coefficient (Wildman–Crippen LogP) is 6.33. The zero-order valence-electron chi connectivity index (χ0n) is 18.0. The van der Waals surface area contributed by atoms with E-state index in [0.29, 0.717) is 0 Å². The van der Waals surface area contributed by atoms with Gasteiger partial charge in [-0.25, -0.2) is 0 Å². The van der Waals surface area contributed by atoms with Gasteiger partial charge in [0.1, 0.15) is 0 Å². The summed E-state index contributed by atoms with van der Waals surface area (Å²) in [7, 11) is 1.86. The van der Waals surface area contributed by atoms with Gasteiger partial charge in [-0.2, -0.15) is 0 Å². The highest BCUT2D eigenvalue weighted by Gasteiger charge is 2.39. The van der Waals surface area contributed by atoms with Crippen LogP contribution < -0.4 is 0 Å². The lowest BCUT2D eigenvalue weighted by Crippen LogP contribution is -2.32. The fourth-order valence-electron chi connectivity index (χ4n) is 7.54. The molecule has 0 amide bonds. The van der Waals surface area contributed by atoms with Crippen LogP contribution in [0.1, 0.15) is 84.0 Å². The third-order valence-corrected chi connectivity index (χ3v) is 9.05. The van der Waals surface area contributed by atoms with Crippen LogP contribution in [-0.4, -0.2) is 26.9 Å². The Morgan fingerprint density at radius 2 is 1.44 bits per heavy atom. The van der Waals surface area contributed by atoms with Crippen molar-refractivity contribution < 1.29 is 9.47 Å². The van der Waals surface area contributed by atoms with Crippen LogP contribution >= 0.6 is 0 Å². The van der Waals surface area contributed by atoms with Gasteiger partial charge in [-0.3, -0.25) is 0 Å². The van der Waals surface area contributed by atoms with Crippen LogP contribution in [0.25, 0.3) is 0 Å². The average Bonchev–Trinajstić information content (AvgIpc) is 3.07. The largest absolute Gasteiger partial charge is 0.384 e. The summed E-state index contributed by atoms with van der Waals surface area (Å²) in [6.45, 7) is 5.53. The maximum absolute atomic E-state index is 6.26. The second kappa shape index (κ2) is 9.61. The number of hydrogen-bond acceptors (Lipinski definition) is 2. The average molecular weight is 377 g/mol. The Morgan fingerprint density at radius 3 is 2.26 bits per heavy atom. The number of methoxy groups -OCH3 is 1. The molecule has 0 aromatic carbocycles. The molecule has 156 valence electrons. The maximum atomic E-state index is 6.26. The van der Waals surface area contributed by atoms with E-state index in [2.05, 4.69) is 6.92 Å². The van der Waals surface area contributed by atoms with Crippen molar-refractivity contribution >= 4 is 0 Å². The molecule has 0 bridgehead atoms. The molecule has 7 unspecified atom stereocenters. The minimum absolute atomic E-state index is 0.842. The predicted molar refractivity (Wildman–Crippen MR) is 112 cm³/mol. The summed E-state index contributed by atoms with van der Waals surface area (Å²) in [5.74, 6) is 7.69. The highest BCUT2D eigenvalue weighted by Crippen LogP contribution is 2.48. The number of hydrogen-bond donors (Lipinski definition) is 0. The second-order valence-corrected chi connectivity index (χ2v) is 10.9. The third-order valence-electron chi connectivity index (χ3n) is 9.05. The van der Waals surface area contributed by atoms with Crippen LogP contribution in [0.3, 0.4) is 0 Å². The molecule has 0 spiro atoms. The van der Waals surface area contributed by atoms with Crippen LogP contribution in [0, 0.1) is 47.3 Å². The Balaban J connectivity index is 1.12. The molecule has 0 saturated heterocycles. The first-order valence-corrected chi connectivity index (χ1v) is 12.3. The second-order valence-electron chi connectivity index (χ2n) is 10.9. The summed E-state index contributed by atoms with van der Waals surface area (Å²) in [6, 6.07) is 0. The Labute approximate surface area is 168 Å². The van der Waals surface area contributed by atoms with Crippen molar-refractivity contribution in [3.8, 4) is 0 Å². The fourth-order valence-corrected chi connectivity index (χ4v) is 7.54. The monoisotopic (exact) mass is 376 g/mol. The molecule has 0 aromatic heterocycles. The van der Waals surface area contributed by atoms with Gasteiger partial charge in [0.2, 0.25) is 0 Å². The molecule has 0 radical (unpaired) electrons. The number of ether oxygens (including phenoxy) is 2. The van der Waals surface area contributed by atoms with Gasteiger partial charge < -0.3 is 9.47 Å². The molecule has 8 atom stereocenters. The van der Waals surface area contributed by atoms with Gasteiger partial charge in [0.05, 0.1) is 0 Å². The summed E-state index contributed by atoms with van der Waals surface area (Å²) >= 11 is 0. The van der Waals surface area contributed by atoms with Crippen molar-refractivity contribution in [1.82, 2.24) is 0 Å². The summed E-state index contributed by atoms with van der Waals surface area (Å²) in [4.78, 5) is 0. The highest BCUT2D eigenvalue weighted by molar-refractivity contribution is 4.89. The third kappa shape index (κ3) is 5.10. The normalized spacial score (nSPS) is 44.7. The van der Waals surface area contributed by atoms with Crippen LogP contribution in [0.4, 0.5) is 0 Å². The van der Waals surface area contributed by atoms with E-state index in [-0.39, 0.29) is 0 Å². The molecule has 0 N–H and O–H groups in total. The Kier molecular flexibility index (Phi) is 7.19. The Hall–Kier alpha value is -0.0800. The lowest BCUT2D eigenvalue weighted by molar-refractivity contribution is 0.0340. The van der Waals surface area contributed by atoms with Crippen molar-refractivity contribution in [1.29, 1.82) is 0 Å². The van der Waals surface area contributed by atoms with E-state index in [1.54, 1.807) is 0 Å². The molecule has 0 aliphatic heterocycles. The van der Waals surface area contributed by atoms with Gasteiger partial charge in [0, 0.05) is 26.9 Å². The van der Waals surface area contributed by atoms with Crippen LogP contribution in [0.5, 0.6) is 0 Å². The molecular formula is C25H44O2. The zero-order valence-corrected chi connectivity index (χ0v) is 18.0.